The fourth-order valence-corrected chi connectivity index (χ4v) is 4.28. The molecule has 4 rings (SSSR count). The van der Waals surface area contributed by atoms with E-state index in [9.17, 15) is 4.79 Å². The van der Waals surface area contributed by atoms with E-state index in [4.69, 9.17) is 4.74 Å². The summed E-state index contributed by atoms with van der Waals surface area (Å²) in [6, 6.07) is 0. The van der Waals surface area contributed by atoms with Crippen LogP contribution in [0.4, 0.5) is 0 Å². The summed E-state index contributed by atoms with van der Waals surface area (Å²) in [6.45, 7) is 3.98. The number of hydrogen-bond donors (Lipinski definition) is 0. The third-order valence-corrected chi connectivity index (χ3v) is 6.13. The molecule has 0 bridgehead atoms. The summed E-state index contributed by atoms with van der Waals surface area (Å²) < 4.78 is 8.22. The molecule has 1 atom stereocenters. The second kappa shape index (κ2) is 8.38. The highest BCUT2D eigenvalue weighted by Crippen LogP contribution is 2.27. The van der Waals surface area contributed by atoms with Gasteiger partial charge in [-0.05, 0) is 44.4 Å². The van der Waals surface area contributed by atoms with Crippen molar-refractivity contribution >= 4 is 5.91 Å². The van der Waals surface area contributed by atoms with Crippen LogP contribution in [0.2, 0.25) is 0 Å². The molecule has 142 valence electrons. The number of aromatic nitrogens is 2. The van der Waals surface area contributed by atoms with Gasteiger partial charge in [-0.1, -0.05) is 18.1 Å². The number of ether oxygens (including phenoxy) is 1. The second-order valence-electron chi connectivity index (χ2n) is 8.30. The van der Waals surface area contributed by atoms with Crippen molar-refractivity contribution in [1.29, 1.82) is 0 Å². The van der Waals surface area contributed by atoms with Crippen LogP contribution in [0.15, 0.2) is 24.2 Å². The first-order valence-electron chi connectivity index (χ1n) is 10.3. The van der Waals surface area contributed by atoms with E-state index >= 15 is 0 Å². The zero-order valence-electron chi connectivity index (χ0n) is 15.7. The lowest BCUT2D eigenvalue weighted by Crippen LogP contribution is -2.35. The maximum atomic E-state index is 12.9. The maximum Gasteiger partial charge on any atom is 0.227 e. The van der Waals surface area contributed by atoms with Crippen molar-refractivity contribution < 1.29 is 9.53 Å². The molecule has 5 heteroatoms. The summed E-state index contributed by atoms with van der Waals surface area (Å²) >= 11 is 0. The van der Waals surface area contributed by atoms with E-state index in [1.54, 1.807) is 0 Å². The van der Waals surface area contributed by atoms with Crippen LogP contribution in [0.3, 0.4) is 0 Å². The van der Waals surface area contributed by atoms with Gasteiger partial charge in [0, 0.05) is 38.2 Å². The molecule has 0 unspecified atom stereocenters. The normalized spacial score (nSPS) is 23.8. The van der Waals surface area contributed by atoms with Crippen molar-refractivity contribution in [2.75, 3.05) is 19.8 Å². The molecule has 0 radical (unpaired) electrons. The first-order valence-corrected chi connectivity index (χ1v) is 10.3. The van der Waals surface area contributed by atoms with Gasteiger partial charge in [0.1, 0.15) is 0 Å². The summed E-state index contributed by atoms with van der Waals surface area (Å²) in [4.78, 5) is 19.3. The molecule has 1 aliphatic heterocycles. The van der Waals surface area contributed by atoms with Gasteiger partial charge in [-0.15, -0.1) is 0 Å². The summed E-state index contributed by atoms with van der Waals surface area (Å²) in [6.07, 6.45) is 15.4. The molecule has 0 spiro atoms. The molecule has 3 aliphatic rings. The Morgan fingerprint density at radius 1 is 1.15 bits per heavy atom. The smallest absolute Gasteiger partial charge is 0.227 e. The molecule has 2 aliphatic carbocycles. The van der Waals surface area contributed by atoms with Crippen LogP contribution in [0.1, 0.15) is 57.1 Å². The zero-order chi connectivity index (χ0) is 17.8. The van der Waals surface area contributed by atoms with E-state index in [1.807, 2.05) is 17.4 Å². The predicted octanol–water partition coefficient (Wildman–Crippen LogP) is 3.55. The summed E-state index contributed by atoms with van der Waals surface area (Å²) in [5.74, 6) is 1.37. The predicted molar refractivity (Wildman–Crippen MR) is 100 cm³/mol. The highest BCUT2D eigenvalue weighted by atomic mass is 16.5. The molecule has 1 amide bonds. The largest absolute Gasteiger partial charge is 0.381 e. The molecule has 0 N–H and O–H groups in total. The van der Waals surface area contributed by atoms with Crippen LogP contribution >= 0.6 is 0 Å². The third kappa shape index (κ3) is 4.37. The first kappa shape index (κ1) is 17.8. The van der Waals surface area contributed by atoms with Crippen LogP contribution in [0, 0.1) is 11.8 Å². The number of carbonyl (C=O) groups is 1. The Morgan fingerprint density at radius 2 is 2.04 bits per heavy atom. The van der Waals surface area contributed by atoms with Crippen molar-refractivity contribution in [1.82, 2.24) is 14.5 Å². The lowest BCUT2D eigenvalue weighted by Gasteiger charge is -2.28. The van der Waals surface area contributed by atoms with Gasteiger partial charge in [-0.3, -0.25) is 4.79 Å². The lowest BCUT2D eigenvalue weighted by molar-refractivity contribution is -0.132. The SMILES string of the molecule is O=C(CC1=CCCCC1)N1Cc2cncn2C[C@@H](COCC2CCC2)C1. The second-order valence-corrected chi connectivity index (χ2v) is 8.30. The number of allylic oxidation sites excluding steroid dienone is 1. The van der Waals surface area contributed by atoms with Gasteiger partial charge in [-0.2, -0.15) is 0 Å². The summed E-state index contributed by atoms with van der Waals surface area (Å²) in [7, 11) is 0. The van der Waals surface area contributed by atoms with Crippen LogP contribution in [0.25, 0.3) is 0 Å². The van der Waals surface area contributed by atoms with Gasteiger partial charge >= 0.3 is 0 Å². The molecule has 5 nitrogen and oxygen atoms in total. The number of rotatable bonds is 6. The molecule has 0 saturated heterocycles. The van der Waals surface area contributed by atoms with Gasteiger partial charge in [0.2, 0.25) is 5.91 Å². The van der Waals surface area contributed by atoms with E-state index in [2.05, 4.69) is 15.6 Å². The number of imidazole rings is 1. The lowest BCUT2D eigenvalue weighted by atomic mass is 9.86. The highest BCUT2D eigenvalue weighted by Gasteiger charge is 2.26. The fraction of sp³-hybridized carbons (Fsp3) is 0.714. The minimum atomic E-state index is 0.261. The molecule has 1 fully saturated rings. The first-order chi connectivity index (χ1) is 12.8. The Labute approximate surface area is 156 Å². The Balaban J connectivity index is 1.38. The molecular formula is C21H31N3O2. The molecule has 2 heterocycles. The van der Waals surface area contributed by atoms with E-state index in [0.717, 1.165) is 50.8 Å². The molecule has 26 heavy (non-hydrogen) atoms. The number of nitrogens with zero attached hydrogens (tertiary/aromatic N) is 3. The summed E-state index contributed by atoms with van der Waals surface area (Å²) in [5, 5.41) is 0. The van der Waals surface area contributed by atoms with Crippen LogP contribution < -0.4 is 0 Å². The number of hydrogen-bond acceptors (Lipinski definition) is 3. The topological polar surface area (TPSA) is 47.4 Å². The molecule has 0 aromatic carbocycles. The van der Waals surface area contributed by atoms with E-state index in [0.29, 0.717) is 18.9 Å². The standard InChI is InChI=1S/C21H31N3O2/c25-21(9-17-5-2-1-3-6-17)23-11-19(15-26-14-18-7-4-8-18)12-24-16-22-10-20(24)13-23/h5,10,16,18-19H,1-4,6-9,11-15H2/t19-/m0/s1. The highest BCUT2D eigenvalue weighted by molar-refractivity contribution is 5.78. The Morgan fingerprint density at radius 3 is 2.81 bits per heavy atom. The maximum absolute atomic E-state index is 12.9. The van der Waals surface area contributed by atoms with Crippen LogP contribution in [0.5, 0.6) is 0 Å². The average molecular weight is 357 g/mol. The van der Waals surface area contributed by atoms with Crippen molar-refractivity contribution in [2.24, 2.45) is 11.8 Å². The minimum Gasteiger partial charge on any atom is -0.381 e. The zero-order valence-corrected chi connectivity index (χ0v) is 15.7. The summed E-state index contributed by atoms with van der Waals surface area (Å²) in [5.41, 5.74) is 2.47. The van der Waals surface area contributed by atoms with E-state index in [1.165, 1.54) is 37.7 Å². The van der Waals surface area contributed by atoms with Crippen molar-refractivity contribution in [3.05, 3.63) is 29.9 Å². The van der Waals surface area contributed by atoms with Gasteiger partial charge in [0.05, 0.1) is 25.2 Å². The quantitative estimate of drug-likeness (QED) is 0.732. The minimum absolute atomic E-state index is 0.261. The molecule has 1 aromatic heterocycles. The molecule has 1 aromatic rings. The van der Waals surface area contributed by atoms with Crippen molar-refractivity contribution in [3.8, 4) is 0 Å². The van der Waals surface area contributed by atoms with Gasteiger partial charge in [0.15, 0.2) is 0 Å². The Hall–Kier alpha value is -1.62. The van der Waals surface area contributed by atoms with Crippen LogP contribution in [-0.2, 0) is 22.6 Å². The van der Waals surface area contributed by atoms with Crippen LogP contribution in [-0.4, -0.2) is 40.1 Å². The Bertz CT molecular complexity index is 647. The third-order valence-electron chi connectivity index (χ3n) is 6.13. The number of amides is 1. The monoisotopic (exact) mass is 357 g/mol. The van der Waals surface area contributed by atoms with Gasteiger partial charge < -0.3 is 14.2 Å². The average Bonchev–Trinajstić information content (AvgIpc) is 2.96. The van der Waals surface area contributed by atoms with Gasteiger partial charge in [-0.25, -0.2) is 4.98 Å². The van der Waals surface area contributed by atoms with E-state index in [-0.39, 0.29) is 5.91 Å². The Kier molecular flexibility index (Phi) is 5.73. The number of fused-ring (bicyclic) bond motifs is 1. The van der Waals surface area contributed by atoms with E-state index < -0.39 is 0 Å². The molecule has 1 saturated carbocycles. The van der Waals surface area contributed by atoms with Gasteiger partial charge in [0.25, 0.3) is 0 Å². The van der Waals surface area contributed by atoms with Crippen molar-refractivity contribution in [2.45, 2.75) is 64.5 Å². The molecular weight excluding hydrogens is 326 g/mol. The number of carbonyl (C=O) groups excluding carboxylic acids is 1. The van der Waals surface area contributed by atoms with Crippen molar-refractivity contribution in [3.63, 3.8) is 0 Å². The fourth-order valence-electron chi connectivity index (χ4n) is 4.28.